The number of hydrogen-bond acceptors (Lipinski definition) is 5. The Morgan fingerprint density at radius 3 is 2.19 bits per heavy atom. The van der Waals surface area contributed by atoms with E-state index in [4.69, 9.17) is 4.74 Å². The molecule has 0 saturated heterocycles. The van der Waals surface area contributed by atoms with Gasteiger partial charge in [0, 0.05) is 22.6 Å². The maximum Gasteiger partial charge on any atom is 0.273 e. The van der Waals surface area contributed by atoms with Crippen molar-refractivity contribution in [1.29, 1.82) is 0 Å². The molecule has 178 valence electrons. The summed E-state index contributed by atoms with van der Waals surface area (Å²) < 4.78 is 5.50. The molecule has 0 saturated carbocycles. The molecule has 0 spiro atoms. The molecule has 0 radical (unpaired) electrons. The minimum atomic E-state index is -1.12. The van der Waals surface area contributed by atoms with Crippen LogP contribution in [-0.2, 0) is 12.0 Å². The lowest BCUT2D eigenvalue weighted by Crippen LogP contribution is -2.45. The van der Waals surface area contributed by atoms with E-state index in [1.54, 1.807) is 13.2 Å². The topological polar surface area (TPSA) is 72.6 Å². The number of nitrogens with zero attached hydrogens (tertiary/aromatic N) is 1. The molecule has 0 heterocycles. The van der Waals surface area contributed by atoms with Crippen molar-refractivity contribution in [1.82, 2.24) is 0 Å². The van der Waals surface area contributed by atoms with Crippen LogP contribution in [0.15, 0.2) is 12.1 Å². The number of hydrogen-bond donors (Lipinski definition) is 2. The van der Waals surface area contributed by atoms with Crippen molar-refractivity contribution < 1.29 is 14.8 Å². The molecular formula is C25H43NO4S. The van der Waals surface area contributed by atoms with Gasteiger partial charge in [-0.2, -0.15) is 12.6 Å². The van der Waals surface area contributed by atoms with Crippen molar-refractivity contribution in [3.63, 3.8) is 0 Å². The molecule has 0 aliphatic heterocycles. The standard InChI is InChI=1S/C19H29NO4.C6H14S/c1-6-8-13(9-7-2)19(21)17-14(12-18(19,3)4)15(20(22)23)10-11-16(17)24-5;1-2-3-4-5-6-7/h10-11,13,21H,6-9,12H2,1-5H3;7H,2-6H2,1H3. The highest BCUT2D eigenvalue weighted by atomic mass is 32.1. The van der Waals surface area contributed by atoms with Gasteiger partial charge < -0.3 is 9.84 Å². The van der Waals surface area contributed by atoms with Gasteiger partial charge in [-0.3, -0.25) is 10.1 Å². The second-order valence-corrected chi connectivity index (χ2v) is 9.73. The zero-order chi connectivity index (χ0) is 23.7. The molecule has 0 bridgehead atoms. The molecule has 1 aliphatic rings. The van der Waals surface area contributed by atoms with Crippen molar-refractivity contribution in [2.24, 2.45) is 11.3 Å². The molecule has 1 aromatic carbocycles. The maximum absolute atomic E-state index is 11.9. The first-order valence-corrected chi connectivity index (χ1v) is 12.5. The van der Waals surface area contributed by atoms with Crippen LogP contribution in [0.4, 0.5) is 5.69 Å². The molecule has 1 N–H and O–H groups in total. The molecule has 6 heteroatoms. The van der Waals surface area contributed by atoms with Crippen molar-refractivity contribution in [3.8, 4) is 5.75 Å². The van der Waals surface area contributed by atoms with Gasteiger partial charge in [0.1, 0.15) is 11.4 Å². The first-order chi connectivity index (χ1) is 14.7. The van der Waals surface area contributed by atoms with E-state index in [0.717, 1.165) is 31.4 Å². The summed E-state index contributed by atoms with van der Waals surface area (Å²) in [5.74, 6) is 1.67. The monoisotopic (exact) mass is 453 g/mol. The lowest BCUT2D eigenvalue weighted by molar-refractivity contribution is -0.385. The number of methoxy groups -OCH3 is 1. The number of benzene rings is 1. The van der Waals surface area contributed by atoms with Crippen LogP contribution in [0.5, 0.6) is 5.75 Å². The van der Waals surface area contributed by atoms with E-state index in [1.807, 2.05) is 13.8 Å². The largest absolute Gasteiger partial charge is 0.496 e. The number of aliphatic hydroxyl groups is 1. The number of nitro benzene ring substituents is 1. The van der Waals surface area contributed by atoms with Gasteiger partial charge in [-0.1, -0.05) is 66.7 Å². The van der Waals surface area contributed by atoms with E-state index >= 15 is 0 Å². The average Bonchev–Trinajstić information content (AvgIpc) is 2.94. The lowest BCUT2D eigenvalue weighted by Gasteiger charge is -2.44. The minimum Gasteiger partial charge on any atom is -0.496 e. The second-order valence-electron chi connectivity index (χ2n) is 9.28. The van der Waals surface area contributed by atoms with Crippen LogP contribution < -0.4 is 4.74 Å². The lowest BCUT2D eigenvalue weighted by atomic mass is 9.65. The van der Waals surface area contributed by atoms with Crippen LogP contribution in [0.1, 0.15) is 97.1 Å². The van der Waals surface area contributed by atoms with Gasteiger partial charge >= 0.3 is 0 Å². The number of thiol groups is 1. The number of ether oxygens (including phenoxy) is 1. The molecule has 31 heavy (non-hydrogen) atoms. The van der Waals surface area contributed by atoms with Gasteiger partial charge in [0.15, 0.2) is 0 Å². The highest BCUT2D eigenvalue weighted by molar-refractivity contribution is 7.80. The highest BCUT2D eigenvalue weighted by Crippen LogP contribution is 2.60. The summed E-state index contributed by atoms with van der Waals surface area (Å²) in [5, 5.41) is 23.4. The average molecular weight is 454 g/mol. The Balaban J connectivity index is 0.000000592. The zero-order valence-corrected chi connectivity index (χ0v) is 21.3. The number of nitro groups is 1. The molecular weight excluding hydrogens is 410 g/mol. The quantitative estimate of drug-likeness (QED) is 0.162. The Kier molecular flexibility index (Phi) is 11.4. The van der Waals surface area contributed by atoms with Crippen LogP contribution in [0.25, 0.3) is 0 Å². The Morgan fingerprint density at radius 2 is 1.74 bits per heavy atom. The summed E-state index contributed by atoms with van der Waals surface area (Å²) in [6, 6.07) is 3.12. The third-order valence-electron chi connectivity index (χ3n) is 6.57. The molecule has 1 unspecified atom stereocenters. The first-order valence-electron chi connectivity index (χ1n) is 11.8. The zero-order valence-electron chi connectivity index (χ0n) is 20.4. The van der Waals surface area contributed by atoms with Crippen LogP contribution >= 0.6 is 12.6 Å². The Labute approximate surface area is 194 Å². The molecule has 2 rings (SSSR count). The van der Waals surface area contributed by atoms with Crippen molar-refractivity contribution in [2.75, 3.05) is 12.9 Å². The van der Waals surface area contributed by atoms with E-state index < -0.39 is 11.0 Å². The van der Waals surface area contributed by atoms with Gasteiger partial charge in [-0.25, -0.2) is 0 Å². The number of fused-ring (bicyclic) bond motifs is 1. The van der Waals surface area contributed by atoms with E-state index in [9.17, 15) is 15.2 Å². The predicted molar refractivity (Wildman–Crippen MR) is 132 cm³/mol. The van der Waals surface area contributed by atoms with Crippen molar-refractivity contribution in [2.45, 2.75) is 98.0 Å². The Hall–Kier alpha value is -1.27. The van der Waals surface area contributed by atoms with Gasteiger partial charge in [0.25, 0.3) is 5.69 Å². The van der Waals surface area contributed by atoms with Gasteiger partial charge in [-0.05, 0) is 43.4 Å². The molecule has 0 aromatic heterocycles. The van der Waals surface area contributed by atoms with Crippen LogP contribution in [0, 0.1) is 21.4 Å². The van der Waals surface area contributed by atoms with Crippen LogP contribution in [0.2, 0.25) is 0 Å². The fraction of sp³-hybridized carbons (Fsp3) is 0.760. The van der Waals surface area contributed by atoms with E-state index in [2.05, 4.69) is 33.4 Å². The third kappa shape index (κ3) is 6.16. The van der Waals surface area contributed by atoms with E-state index in [-0.39, 0.29) is 16.5 Å². The molecule has 0 fully saturated rings. The van der Waals surface area contributed by atoms with Crippen molar-refractivity contribution in [3.05, 3.63) is 33.4 Å². The van der Waals surface area contributed by atoms with Gasteiger partial charge in [0.2, 0.25) is 0 Å². The van der Waals surface area contributed by atoms with Crippen LogP contribution in [-0.4, -0.2) is 22.9 Å². The predicted octanol–water partition coefficient (Wildman–Crippen LogP) is 7.09. The maximum atomic E-state index is 11.9. The van der Waals surface area contributed by atoms with Gasteiger partial charge in [0.05, 0.1) is 12.0 Å². The number of unbranched alkanes of at least 4 members (excludes halogenated alkanes) is 3. The summed E-state index contributed by atoms with van der Waals surface area (Å²) in [5.41, 5.74) is -0.253. The fourth-order valence-corrected chi connectivity index (χ4v) is 5.25. The first kappa shape index (κ1) is 27.8. The molecule has 1 aliphatic carbocycles. The smallest absolute Gasteiger partial charge is 0.273 e. The van der Waals surface area contributed by atoms with Crippen LogP contribution in [0.3, 0.4) is 0 Å². The third-order valence-corrected chi connectivity index (χ3v) is 6.89. The summed E-state index contributed by atoms with van der Waals surface area (Å²) in [4.78, 5) is 11.1. The molecule has 5 nitrogen and oxygen atoms in total. The summed E-state index contributed by atoms with van der Waals surface area (Å²) >= 11 is 4.09. The van der Waals surface area contributed by atoms with Crippen molar-refractivity contribution >= 4 is 18.3 Å². The van der Waals surface area contributed by atoms with E-state index in [1.165, 1.54) is 31.7 Å². The Bertz CT molecular complexity index is 697. The summed E-state index contributed by atoms with van der Waals surface area (Å²) in [6.07, 6.45) is 9.55. The minimum absolute atomic E-state index is 0.0552. The normalized spacial score (nSPS) is 19.0. The summed E-state index contributed by atoms with van der Waals surface area (Å²) in [6.45, 7) is 10.5. The molecule has 1 atom stereocenters. The Morgan fingerprint density at radius 1 is 1.13 bits per heavy atom. The second kappa shape index (κ2) is 12.7. The van der Waals surface area contributed by atoms with E-state index in [0.29, 0.717) is 23.3 Å². The summed E-state index contributed by atoms with van der Waals surface area (Å²) in [7, 11) is 1.56. The molecule has 1 aromatic rings. The highest BCUT2D eigenvalue weighted by Gasteiger charge is 2.58. The van der Waals surface area contributed by atoms with Gasteiger partial charge in [-0.15, -0.1) is 0 Å². The molecule has 0 amide bonds. The SMILES string of the molecule is CCCC(CCC)C1(O)c2c(OC)ccc([N+](=O)[O-])c2CC1(C)C.CCCCCCS. The fourth-order valence-electron chi connectivity index (χ4n) is 5.02. The number of rotatable bonds is 11.